The predicted molar refractivity (Wildman–Crippen MR) is 52.8 cm³/mol. The molecule has 1 aromatic carbocycles. The maximum absolute atomic E-state index is 5.70. The van der Waals surface area contributed by atoms with Crippen molar-refractivity contribution < 1.29 is 0 Å². The number of alkyl halides is 1. The first-order valence-corrected chi connectivity index (χ1v) is 4.56. The lowest BCUT2D eigenvalue weighted by Gasteiger charge is -2.03. The molecule has 11 heavy (non-hydrogen) atoms. The molecule has 0 saturated carbocycles. The van der Waals surface area contributed by atoms with E-state index in [1.807, 2.05) is 18.2 Å². The SMILES string of the molecule is Nc1ccc(N)c(CCBr)c1. The lowest BCUT2D eigenvalue weighted by molar-refractivity contribution is 1.17. The Morgan fingerprint density at radius 1 is 1.27 bits per heavy atom. The van der Waals surface area contributed by atoms with Crippen LogP contribution in [-0.2, 0) is 6.42 Å². The number of rotatable bonds is 2. The van der Waals surface area contributed by atoms with Crippen LogP contribution in [0.2, 0.25) is 0 Å². The number of halogens is 1. The molecule has 0 fully saturated rings. The highest BCUT2D eigenvalue weighted by molar-refractivity contribution is 9.09. The molecule has 0 aliphatic rings. The average Bonchev–Trinajstić information content (AvgIpc) is 1.98. The van der Waals surface area contributed by atoms with Gasteiger partial charge < -0.3 is 11.5 Å². The fourth-order valence-corrected chi connectivity index (χ4v) is 1.37. The Morgan fingerprint density at radius 3 is 2.64 bits per heavy atom. The van der Waals surface area contributed by atoms with Crippen molar-refractivity contribution in [2.45, 2.75) is 6.42 Å². The Hall–Kier alpha value is -0.700. The predicted octanol–water partition coefficient (Wildman–Crippen LogP) is 1.79. The molecule has 0 aliphatic heterocycles. The van der Waals surface area contributed by atoms with E-state index < -0.39 is 0 Å². The van der Waals surface area contributed by atoms with Crippen molar-refractivity contribution in [2.75, 3.05) is 16.8 Å². The Labute approximate surface area is 74.7 Å². The lowest BCUT2D eigenvalue weighted by atomic mass is 10.1. The molecule has 0 saturated heterocycles. The second-order valence-corrected chi connectivity index (χ2v) is 3.19. The summed E-state index contributed by atoms with van der Waals surface area (Å²) >= 11 is 3.35. The summed E-state index contributed by atoms with van der Waals surface area (Å²) in [7, 11) is 0. The van der Waals surface area contributed by atoms with Gasteiger partial charge in [0.25, 0.3) is 0 Å². The van der Waals surface area contributed by atoms with E-state index in [4.69, 9.17) is 11.5 Å². The smallest absolute Gasteiger partial charge is 0.0348 e. The van der Waals surface area contributed by atoms with E-state index in [-0.39, 0.29) is 0 Å². The van der Waals surface area contributed by atoms with Gasteiger partial charge in [-0.25, -0.2) is 0 Å². The summed E-state index contributed by atoms with van der Waals surface area (Å²) in [6.07, 6.45) is 0.927. The molecule has 0 radical (unpaired) electrons. The number of benzene rings is 1. The van der Waals surface area contributed by atoms with E-state index >= 15 is 0 Å². The van der Waals surface area contributed by atoms with E-state index in [1.165, 1.54) is 0 Å². The van der Waals surface area contributed by atoms with E-state index in [9.17, 15) is 0 Å². The van der Waals surface area contributed by atoms with Crippen LogP contribution in [0.1, 0.15) is 5.56 Å². The number of hydrogen-bond donors (Lipinski definition) is 2. The first-order valence-electron chi connectivity index (χ1n) is 3.44. The van der Waals surface area contributed by atoms with Crippen molar-refractivity contribution in [1.29, 1.82) is 0 Å². The lowest BCUT2D eigenvalue weighted by Crippen LogP contribution is -1.96. The van der Waals surface area contributed by atoms with Crippen LogP contribution >= 0.6 is 15.9 Å². The molecule has 0 atom stereocenters. The van der Waals surface area contributed by atoms with Crippen LogP contribution in [0.3, 0.4) is 0 Å². The Kier molecular flexibility index (Phi) is 2.76. The molecule has 1 aromatic rings. The first kappa shape index (κ1) is 8.40. The van der Waals surface area contributed by atoms with Crippen molar-refractivity contribution in [1.82, 2.24) is 0 Å². The fourth-order valence-electron chi connectivity index (χ4n) is 0.944. The van der Waals surface area contributed by atoms with Gasteiger partial charge in [-0.15, -0.1) is 0 Å². The van der Waals surface area contributed by atoms with Gasteiger partial charge in [-0.1, -0.05) is 15.9 Å². The molecule has 0 aromatic heterocycles. The quantitative estimate of drug-likeness (QED) is 0.583. The molecule has 0 bridgehead atoms. The number of anilines is 2. The first-order chi connectivity index (χ1) is 5.24. The Bertz CT molecular complexity index is 248. The number of aryl methyl sites for hydroxylation is 1. The number of hydrogen-bond acceptors (Lipinski definition) is 2. The Balaban J connectivity index is 2.93. The molecule has 0 amide bonds. The molecule has 0 spiro atoms. The number of nitrogen functional groups attached to an aromatic ring is 2. The van der Waals surface area contributed by atoms with Gasteiger partial charge in [0.2, 0.25) is 0 Å². The van der Waals surface area contributed by atoms with Crippen molar-refractivity contribution in [3.8, 4) is 0 Å². The van der Waals surface area contributed by atoms with E-state index in [0.29, 0.717) is 0 Å². The normalized spacial score (nSPS) is 9.91. The molecular formula is C8H11BrN2. The van der Waals surface area contributed by atoms with Gasteiger partial charge in [0.05, 0.1) is 0 Å². The largest absolute Gasteiger partial charge is 0.399 e. The maximum Gasteiger partial charge on any atom is 0.0348 e. The van der Waals surface area contributed by atoms with Crippen molar-refractivity contribution in [3.63, 3.8) is 0 Å². The van der Waals surface area contributed by atoms with Gasteiger partial charge in [0.1, 0.15) is 0 Å². The zero-order valence-electron chi connectivity index (χ0n) is 6.18. The molecule has 2 nitrogen and oxygen atoms in total. The van der Waals surface area contributed by atoms with Crippen LogP contribution in [0.15, 0.2) is 18.2 Å². The maximum atomic E-state index is 5.70. The standard InChI is InChI=1S/C8H11BrN2/c9-4-3-6-5-7(10)1-2-8(6)11/h1-2,5H,3-4,10-11H2. The van der Waals surface area contributed by atoms with Crippen LogP contribution in [0.4, 0.5) is 11.4 Å². The second-order valence-electron chi connectivity index (χ2n) is 2.40. The zero-order valence-corrected chi connectivity index (χ0v) is 7.76. The minimum absolute atomic E-state index is 0.773. The zero-order chi connectivity index (χ0) is 8.27. The highest BCUT2D eigenvalue weighted by Gasteiger charge is 1.97. The molecule has 0 heterocycles. The third kappa shape index (κ3) is 2.12. The summed E-state index contributed by atoms with van der Waals surface area (Å²) in [6, 6.07) is 5.57. The van der Waals surface area contributed by atoms with Crippen LogP contribution in [0.25, 0.3) is 0 Å². The average molecular weight is 215 g/mol. The summed E-state index contributed by atoms with van der Waals surface area (Å²) in [5.74, 6) is 0. The fraction of sp³-hybridized carbons (Fsp3) is 0.250. The van der Waals surface area contributed by atoms with Gasteiger partial charge in [0, 0.05) is 16.7 Å². The number of nitrogens with two attached hydrogens (primary N) is 2. The van der Waals surface area contributed by atoms with Crippen molar-refractivity contribution >= 4 is 27.3 Å². The van der Waals surface area contributed by atoms with Gasteiger partial charge in [-0.3, -0.25) is 0 Å². The van der Waals surface area contributed by atoms with Crippen LogP contribution < -0.4 is 11.5 Å². The minimum atomic E-state index is 0.773. The molecule has 0 unspecified atom stereocenters. The van der Waals surface area contributed by atoms with E-state index in [2.05, 4.69) is 15.9 Å². The van der Waals surface area contributed by atoms with Crippen molar-refractivity contribution in [2.24, 2.45) is 0 Å². The van der Waals surface area contributed by atoms with Crippen LogP contribution in [0, 0.1) is 0 Å². The van der Waals surface area contributed by atoms with E-state index in [0.717, 1.165) is 28.7 Å². The summed E-state index contributed by atoms with van der Waals surface area (Å²) in [5.41, 5.74) is 14.0. The van der Waals surface area contributed by atoms with Gasteiger partial charge >= 0.3 is 0 Å². The van der Waals surface area contributed by atoms with Gasteiger partial charge in [-0.05, 0) is 30.2 Å². The van der Waals surface area contributed by atoms with Gasteiger partial charge in [-0.2, -0.15) is 0 Å². The van der Waals surface area contributed by atoms with Crippen LogP contribution in [0.5, 0.6) is 0 Å². The minimum Gasteiger partial charge on any atom is -0.399 e. The topological polar surface area (TPSA) is 52.0 Å². The van der Waals surface area contributed by atoms with Crippen molar-refractivity contribution in [3.05, 3.63) is 23.8 Å². The molecule has 4 N–H and O–H groups in total. The Morgan fingerprint density at radius 2 is 2.00 bits per heavy atom. The summed E-state index contributed by atoms with van der Waals surface area (Å²) in [4.78, 5) is 0. The third-order valence-corrected chi connectivity index (χ3v) is 1.93. The molecule has 1 rings (SSSR count). The van der Waals surface area contributed by atoms with Gasteiger partial charge in [0.15, 0.2) is 0 Å². The van der Waals surface area contributed by atoms with Crippen LogP contribution in [-0.4, -0.2) is 5.33 Å². The molecule has 60 valence electrons. The highest BCUT2D eigenvalue weighted by Crippen LogP contribution is 2.16. The summed E-state index contributed by atoms with van der Waals surface area (Å²) in [6.45, 7) is 0. The monoisotopic (exact) mass is 214 g/mol. The van der Waals surface area contributed by atoms with E-state index in [1.54, 1.807) is 0 Å². The third-order valence-electron chi connectivity index (χ3n) is 1.53. The molecule has 0 aliphatic carbocycles. The summed E-state index contributed by atoms with van der Waals surface area (Å²) in [5, 5.41) is 0.917. The molecular weight excluding hydrogens is 204 g/mol. The second kappa shape index (κ2) is 3.62. The summed E-state index contributed by atoms with van der Waals surface area (Å²) < 4.78 is 0. The molecule has 3 heteroatoms. The highest BCUT2D eigenvalue weighted by atomic mass is 79.9.